The molecule has 1 fully saturated rings. The number of rotatable bonds is 3. The summed E-state index contributed by atoms with van der Waals surface area (Å²) in [5.41, 5.74) is 14.0. The normalized spacial score (nSPS) is 14.3. The van der Waals surface area contributed by atoms with Gasteiger partial charge in [0.15, 0.2) is 0 Å². The van der Waals surface area contributed by atoms with Gasteiger partial charge in [-0.15, -0.1) is 24.8 Å². The zero-order chi connectivity index (χ0) is 19.1. The van der Waals surface area contributed by atoms with E-state index in [2.05, 4.69) is 59.6 Å². The van der Waals surface area contributed by atoms with Gasteiger partial charge in [-0.25, -0.2) is 4.98 Å². The van der Waals surface area contributed by atoms with E-state index in [1.165, 1.54) is 12.0 Å². The summed E-state index contributed by atoms with van der Waals surface area (Å²) in [5.74, 6) is 0. The lowest BCUT2D eigenvalue weighted by Crippen LogP contribution is -2.43. The molecule has 2 aromatic heterocycles. The minimum absolute atomic E-state index is 0. The number of hydrogen-bond donors (Lipinski definition) is 1. The Labute approximate surface area is 189 Å². The molecule has 5 heteroatoms. The summed E-state index contributed by atoms with van der Waals surface area (Å²) in [6, 6.07) is 23.3. The number of nitrogens with two attached hydrogens (primary N) is 1. The van der Waals surface area contributed by atoms with Gasteiger partial charge in [0.05, 0.1) is 11.2 Å². The van der Waals surface area contributed by atoms with Gasteiger partial charge in [-0.05, 0) is 49.4 Å². The van der Waals surface area contributed by atoms with E-state index in [1.54, 1.807) is 0 Å². The van der Waals surface area contributed by atoms with Gasteiger partial charge in [-0.2, -0.15) is 0 Å². The molecule has 1 aliphatic carbocycles. The fourth-order valence-corrected chi connectivity index (χ4v) is 4.10. The molecule has 2 heterocycles. The van der Waals surface area contributed by atoms with Gasteiger partial charge in [0.2, 0.25) is 0 Å². The number of nitrogens with zero attached hydrogens (tertiary/aromatic N) is 2. The highest BCUT2D eigenvalue weighted by Crippen LogP contribution is 2.40. The van der Waals surface area contributed by atoms with E-state index in [9.17, 15) is 0 Å². The first-order valence-electron chi connectivity index (χ1n) is 9.86. The van der Waals surface area contributed by atoms with Crippen molar-refractivity contribution in [1.82, 2.24) is 9.97 Å². The van der Waals surface area contributed by atoms with Crippen LogP contribution in [-0.4, -0.2) is 9.97 Å². The monoisotopic (exact) mass is 437 g/mol. The van der Waals surface area contributed by atoms with Gasteiger partial charge in [0.25, 0.3) is 0 Å². The molecule has 0 saturated heterocycles. The average molecular weight is 438 g/mol. The highest BCUT2D eigenvalue weighted by atomic mass is 35.5. The summed E-state index contributed by atoms with van der Waals surface area (Å²) >= 11 is 0. The summed E-state index contributed by atoms with van der Waals surface area (Å²) in [7, 11) is 0. The molecule has 0 aliphatic heterocycles. The van der Waals surface area contributed by atoms with E-state index in [0.717, 1.165) is 51.8 Å². The average Bonchev–Trinajstić information content (AvgIpc) is 2.72. The van der Waals surface area contributed by atoms with Crippen LogP contribution in [0.1, 0.15) is 30.5 Å². The van der Waals surface area contributed by atoms with Crippen LogP contribution in [0.5, 0.6) is 0 Å². The first-order chi connectivity index (χ1) is 13.6. The zero-order valence-corrected chi connectivity index (χ0v) is 18.5. The molecule has 4 aromatic rings. The minimum atomic E-state index is -0.139. The van der Waals surface area contributed by atoms with Crippen molar-refractivity contribution in [2.24, 2.45) is 5.73 Å². The lowest BCUT2D eigenvalue weighted by atomic mass is 9.72. The number of hydrogen-bond acceptors (Lipinski definition) is 3. The summed E-state index contributed by atoms with van der Waals surface area (Å²) < 4.78 is 0. The summed E-state index contributed by atoms with van der Waals surface area (Å²) in [4.78, 5) is 9.48. The number of fused-ring (bicyclic) bond motifs is 1. The van der Waals surface area contributed by atoms with Crippen LogP contribution in [0.15, 0.2) is 72.9 Å². The van der Waals surface area contributed by atoms with Crippen LogP contribution in [0.3, 0.4) is 0 Å². The number of aromatic nitrogens is 2. The molecule has 1 saturated carbocycles. The largest absolute Gasteiger partial charge is 0.321 e. The van der Waals surface area contributed by atoms with Crippen LogP contribution in [0.25, 0.3) is 33.3 Å². The molecule has 2 aromatic carbocycles. The van der Waals surface area contributed by atoms with Crippen molar-refractivity contribution in [3.63, 3.8) is 0 Å². The minimum Gasteiger partial charge on any atom is -0.321 e. The molecule has 0 unspecified atom stereocenters. The molecule has 0 bridgehead atoms. The van der Waals surface area contributed by atoms with E-state index in [4.69, 9.17) is 10.7 Å². The molecule has 2 N–H and O–H groups in total. The third kappa shape index (κ3) is 3.81. The fraction of sp³-hybridized carbons (Fsp3) is 0.200. The molecule has 1 aliphatic rings. The Morgan fingerprint density at radius 1 is 0.867 bits per heavy atom. The highest BCUT2D eigenvalue weighted by Gasteiger charge is 2.34. The Morgan fingerprint density at radius 3 is 2.20 bits per heavy atom. The summed E-state index contributed by atoms with van der Waals surface area (Å²) in [5, 5.41) is 1.09. The number of halogens is 2. The van der Waals surface area contributed by atoms with Crippen molar-refractivity contribution < 1.29 is 0 Å². The Balaban J connectivity index is 0.00000128. The molecular weight excluding hydrogens is 413 g/mol. The van der Waals surface area contributed by atoms with Gasteiger partial charge < -0.3 is 5.73 Å². The molecule has 5 rings (SSSR count). The van der Waals surface area contributed by atoms with Crippen molar-refractivity contribution in [3.05, 3.63) is 84.2 Å². The van der Waals surface area contributed by atoms with Crippen molar-refractivity contribution in [3.8, 4) is 22.4 Å². The predicted octanol–water partition coefficient (Wildman–Crippen LogP) is 6.45. The number of pyridine rings is 2. The van der Waals surface area contributed by atoms with Crippen LogP contribution < -0.4 is 5.73 Å². The topological polar surface area (TPSA) is 51.8 Å². The number of benzene rings is 2. The van der Waals surface area contributed by atoms with Crippen LogP contribution >= 0.6 is 24.8 Å². The SMILES string of the molecule is Cc1nccc2nc(-c3ccc(C4(N)CCC4)cc3)c(-c3ccccc3)cc12.Cl.Cl. The second kappa shape index (κ2) is 8.73. The van der Waals surface area contributed by atoms with Crippen molar-refractivity contribution in [2.75, 3.05) is 0 Å². The predicted molar refractivity (Wildman–Crippen MR) is 129 cm³/mol. The van der Waals surface area contributed by atoms with Gasteiger partial charge >= 0.3 is 0 Å². The Bertz CT molecular complexity index is 1150. The summed E-state index contributed by atoms with van der Waals surface area (Å²) in [6.45, 7) is 2.03. The smallest absolute Gasteiger partial charge is 0.0788 e. The Kier molecular flexibility index (Phi) is 6.47. The van der Waals surface area contributed by atoms with Crippen LogP contribution in [-0.2, 0) is 5.54 Å². The van der Waals surface area contributed by atoms with E-state index in [-0.39, 0.29) is 30.4 Å². The third-order valence-electron chi connectivity index (χ3n) is 6.01. The molecule has 3 nitrogen and oxygen atoms in total. The van der Waals surface area contributed by atoms with Crippen molar-refractivity contribution in [2.45, 2.75) is 31.7 Å². The molecule has 0 spiro atoms. The Hall–Kier alpha value is -2.46. The highest BCUT2D eigenvalue weighted by molar-refractivity contribution is 5.92. The maximum absolute atomic E-state index is 6.50. The first kappa shape index (κ1) is 22.2. The van der Waals surface area contributed by atoms with Crippen LogP contribution in [0.4, 0.5) is 0 Å². The van der Waals surface area contributed by atoms with Crippen molar-refractivity contribution >= 4 is 35.7 Å². The maximum atomic E-state index is 6.50. The fourth-order valence-electron chi connectivity index (χ4n) is 4.10. The standard InChI is InChI=1S/C25H23N3.2ClH/c1-17-21-16-22(18-6-3-2-4-7-18)24(28-23(21)12-15-27-17)19-8-10-20(11-9-19)25(26)13-5-14-25;;/h2-4,6-12,15-16H,5,13-14,26H2,1H3;2*1H. The second-order valence-electron chi connectivity index (χ2n) is 7.80. The van der Waals surface area contributed by atoms with Gasteiger partial charge in [-0.1, -0.05) is 54.6 Å². The summed E-state index contributed by atoms with van der Waals surface area (Å²) in [6.07, 6.45) is 5.19. The van der Waals surface area contributed by atoms with Gasteiger partial charge in [0.1, 0.15) is 0 Å². The Morgan fingerprint density at radius 2 is 1.57 bits per heavy atom. The first-order valence-corrected chi connectivity index (χ1v) is 9.86. The zero-order valence-electron chi connectivity index (χ0n) is 16.8. The molecular formula is C25H25Cl2N3. The van der Waals surface area contributed by atoms with E-state index < -0.39 is 0 Å². The molecule has 0 amide bonds. The third-order valence-corrected chi connectivity index (χ3v) is 6.01. The van der Waals surface area contributed by atoms with Gasteiger partial charge in [-0.3, -0.25) is 4.98 Å². The van der Waals surface area contributed by atoms with Crippen LogP contribution in [0, 0.1) is 6.92 Å². The number of aryl methyl sites for hydroxylation is 1. The molecule has 0 radical (unpaired) electrons. The van der Waals surface area contributed by atoms with Crippen molar-refractivity contribution in [1.29, 1.82) is 0 Å². The maximum Gasteiger partial charge on any atom is 0.0788 e. The second-order valence-corrected chi connectivity index (χ2v) is 7.80. The molecule has 154 valence electrons. The van der Waals surface area contributed by atoms with E-state index in [1.807, 2.05) is 25.3 Å². The van der Waals surface area contributed by atoms with Gasteiger partial charge in [0, 0.05) is 33.9 Å². The van der Waals surface area contributed by atoms with E-state index in [0.29, 0.717) is 0 Å². The van der Waals surface area contributed by atoms with E-state index >= 15 is 0 Å². The molecule has 0 atom stereocenters. The van der Waals surface area contributed by atoms with Crippen LogP contribution in [0.2, 0.25) is 0 Å². The lowest BCUT2D eigenvalue weighted by Gasteiger charge is -2.38. The molecule has 30 heavy (non-hydrogen) atoms. The quantitative estimate of drug-likeness (QED) is 0.400. The lowest BCUT2D eigenvalue weighted by molar-refractivity contribution is 0.253.